The second-order valence-corrected chi connectivity index (χ2v) is 7.98. The Balaban J connectivity index is 2.14. The lowest BCUT2D eigenvalue weighted by atomic mass is 9.97. The minimum atomic E-state index is -3.23. The molecule has 0 amide bonds. The Hall–Kier alpha value is -1.92. The van der Waals surface area contributed by atoms with Gasteiger partial charge in [-0.05, 0) is 29.1 Å². The van der Waals surface area contributed by atoms with E-state index in [4.69, 9.17) is 4.74 Å². The van der Waals surface area contributed by atoms with E-state index in [0.717, 1.165) is 16.0 Å². The predicted molar refractivity (Wildman–Crippen MR) is 85.5 cm³/mol. The number of ether oxygens (including phenoxy) is 1. The van der Waals surface area contributed by atoms with Gasteiger partial charge in [0.05, 0.1) is 11.5 Å². The monoisotopic (exact) mass is 334 g/mol. The van der Waals surface area contributed by atoms with E-state index in [9.17, 15) is 13.2 Å². The highest BCUT2D eigenvalue weighted by molar-refractivity contribution is 7.90. The number of sulfone groups is 1. The molecular formula is C16H14O4S2. The van der Waals surface area contributed by atoms with Gasteiger partial charge in [-0.2, -0.15) is 0 Å². The molecule has 0 radical (unpaired) electrons. The molecular weight excluding hydrogens is 320 g/mol. The van der Waals surface area contributed by atoms with Gasteiger partial charge in [0.25, 0.3) is 0 Å². The van der Waals surface area contributed by atoms with Crippen molar-refractivity contribution in [3.8, 4) is 0 Å². The van der Waals surface area contributed by atoms with Gasteiger partial charge in [-0.1, -0.05) is 18.2 Å². The molecule has 0 unspecified atom stereocenters. The molecule has 1 aliphatic rings. The van der Waals surface area contributed by atoms with Crippen LogP contribution in [-0.2, 0) is 19.4 Å². The van der Waals surface area contributed by atoms with Crippen LogP contribution >= 0.6 is 11.3 Å². The highest BCUT2D eigenvalue weighted by atomic mass is 32.2. The van der Waals surface area contributed by atoms with E-state index in [1.807, 2.05) is 17.5 Å². The van der Waals surface area contributed by atoms with Crippen LogP contribution in [-0.4, -0.2) is 27.2 Å². The lowest BCUT2D eigenvalue weighted by Crippen LogP contribution is -2.01. The van der Waals surface area contributed by atoms with E-state index in [2.05, 4.69) is 0 Å². The molecule has 4 nitrogen and oxygen atoms in total. The number of rotatable bonds is 3. The highest BCUT2D eigenvalue weighted by Crippen LogP contribution is 2.34. The quantitative estimate of drug-likeness (QED) is 0.640. The standard InChI is InChI=1S/C16H14O4S2/c1-22(18,19)12-6-4-11(5-7-12)15(14-3-2-10-21-14)13-8-9-20-16(13)17/h2-7,10H,8-9H2,1H3. The van der Waals surface area contributed by atoms with Crippen molar-refractivity contribution in [1.29, 1.82) is 0 Å². The number of thiophene rings is 1. The summed E-state index contributed by atoms with van der Waals surface area (Å²) in [7, 11) is -3.23. The fraction of sp³-hybridized carbons (Fsp3) is 0.188. The van der Waals surface area contributed by atoms with Gasteiger partial charge in [0, 0.05) is 28.7 Å². The van der Waals surface area contributed by atoms with E-state index in [0.29, 0.717) is 18.6 Å². The number of carbonyl (C=O) groups is 1. The molecule has 0 spiro atoms. The SMILES string of the molecule is CS(=O)(=O)c1ccc(C(=C2CCOC2=O)c2cccs2)cc1. The van der Waals surface area contributed by atoms with Crippen LogP contribution < -0.4 is 0 Å². The smallest absolute Gasteiger partial charge is 0.334 e. The third kappa shape index (κ3) is 2.84. The molecule has 1 aromatic carbocycles. The van der Waals surface area contributed by atoms with Crippen LogP contribution in [0.15, 0.2) is 52.2 Å². The number of hydrogen-bond donors (Lipinski definition) is 0. The Morgan fingerprint density at radius 1 is 1.18 bits per heavy atom. The summed E-state index contributed by atoms with van der Waals surface area (Å²) in [6, 6.07) is 10.5. The van der Waals surface area contributed by atoms with Crippen LogP contribution in [0.4, 0.5) is 0 Å². The Labute approximate surface area is 133 Å². The van der Waals surface area contributed by atoms with E-state index in [-0.39, 0.29) is 10.9 Å². The molecule has 0 bridgehead atoms. The van der Waals surface area contributed by atoms with E-state index >= 15 is 0 Å². The Morgan fingerprint density at radius 3 is 2.41 bits per heavy atom. The first-order chi connectivity index (χ1) is 10.5. The van der Waals surface area contributed by atoms with Gasteiger partial charge in [-0.15, -0.1) is 11.3 Å². The summed E-state index contributed by atoms with van der Waals surface area (Å²) in [6.45, 7) is 0.393. The fourth-order valence-electron chi connectivity index (χ4n) is 2.42. The van der Waals surface area contributed by atoms with Crippen molar-refractivity contribution in [2.75, 3.05) is 12.9 Å². The van der Waals surface area contributed by atoms with Crippen LogP contribution in [0, 0.1) is 0 Å². The fourth-order valence-corrected chi connectivity index (χ4v) is 3.87. The number of cyclic esters (lactones) is 1. The van der Waals surface area contributed by atoms with Gasteiger partial charge in [-0.25, -0.2) is 13.2 Å². The van der Waals surface area contributed by atoms with Crippen molar-refractivity contribution in [3.63, 3.8) is 0 Å². The maximum Gasteiger partial charge on any atom is 0.334 e. The van der Waals surface area contributed by atoms with Crippen LogP contribution in [0.1, 0.15) is 16.9 Å². The van der Waals surface area contributed by atoms with Crippen LogP contribution in [0.2, 0.25) is 0 Å². The molecule has 22 heavy (non-hydrogen) atoms. The Bertz CT molecular complexity index is 829. The second kappa shape index (κ2) is 5.70. The summed E-state index contributed by atoms with van der Waals surface area (Å²) in [5.41, 5.74) is 2.30. The average molecular weight is 334 g/mol. The molecule has 0 N–H and O–H groups in total. The molecule has 0 atom stereocenters. The minimum absolute atomic E-state index is 0.265. The first kappa shape index (κ1) is 15.0. The molecule has 1 saturated heterocycles. The lowest BCUT2D eigenvalue weighted by molar-refractivity contribution is -0.135. The highest BCUT2D eigenvalue weighted by Gasteiger charge is 2.25. The van der Waals surface area contributed by atoms with Crippen LogP contribution in [0.25, 0.3) is 5.57 Å². The molecule has 1 aromatic heterocycles. The van der Waals surface area contributed by atoms with Crippen molar-refractivity contribution in [2.45, 2.75) is 11.3 Å². The average Bonchev–Trinajstić information content (AvgIpc) is 3.12. The Kier molecular flexibility index (Phi) is 3.88. The summed E-state index contributed by atoms with van der Waals surface area (Å²) in [4.78, 5) is 13.2. The van der Waals surface area contributed by atoms with Crippen molar-refractivity contribution in [1.82, 2.24) is 0 Å². The maximum absolute atomic E-state index is 11.9. The number of esters is 1. The summed E-state index contributed by atoms with van der Waals surface area (Å²) in [6.07, 6.45) is 1.74. The van der Waals surface area contributed by atoms with Gasteiger partial charge in [0.1, 0.15) is 0 Å². The van der Waals surface area contributed by atoms with Crippen LogP contribution in [0.5, 0.6) is 0 Å². The zero-order chi connectivity index (χ0) is 15.7. The predicted octanol–water partition coefficient (Wildman–Crippen LogP) is 2.90. The normalized spacial score (nSPS) is 17.4. The van der Waals surface area contributed by atoms with Crippen molar-refractivity contribution in [3.05, 3.63) is 57.8 Å². The third-order valence-electron chi connectivity index (χ3n) is 3.47. The molecule has 0 aliphatic carbocycles. The van der Waals surface area contributed by atoms with Crippen LogP contribution in [0.3, 0.4) is 0 Å². The van der Waals surface area contributed by atoms with Gasteiger partial charge in [-0.3, -0.25) is 0 Å². The van der Waals surface area contributed by atoms with Gasteiger partial charge >= 0.3 is 5.97 Å². The Morgan fingerprint density at radius 2 is 1.91 bits per heavy atom. The van der Waals surface area contributed by atoms with E-state index in [1.165, 1.54) is 6.26 Å². The zero-order valence-electron chi connectivity index (χ0n) is 11.9. The number of benzene rings is 1. The molecule has 2 heterocycles. The molecule has 6 heteroatoms. The number of carbonyl (C=O) groups excluding carboxylic acids is 1. The van der Waals surface area contributed by atoms with Gasteiger partial charge in [0.15, 0.2) is 9.84 Å². The summed E-state index contributed by atoms with van der Waals surface area (Å²) < 4.78 is 28.2. The largest absolute Gasteiger partial charge is 0.462 e. The van der Waals surface area contributed by atoms with E-state index in [1.54, 1.807) is 35.6 Å². The number of hydrogen-bond acceptors (Lipinski definition) is 5. The second-order valence-electron chi connectivity index (χ2n) is 5.01. The lowest BCUT2D eigenvalue weighted by Gasteiger charge is -2.09. The summed E-state index contributed by atoms with van der Waals surface area (Å²) in [5.74, 6) is -0.296. The molecule has 2 aromatic rings. The molecule has 114 valence electrons. The first-order valence-corrected chi connectivity index (χ1v) is 9.48. The van der Waals surface area contributed by atoms with Crippen molar-refractivity contribution < 1.29 is 17.9 Å². The summed E-state index contributed by atoms with van der Waals surface area (Å²) >= 11 is 1.54. The molecule has 1 fully saturated rings. The van der Waals surface area contributed by atoms with Crippen molar-refractivity contribution >= 4 is 32.7 Å². The van der Waals surface area contributed by atoms with Gasteiger partial charge < -0.3 is 4.74 Å². The molecule has 1 aliphatic heterocycles. The first-order valence-electron chi connectivity index (χ1n) is 6.71. The topological polar surface area (TPSA) is 60.4 Å². The maximum atomic E-state index is 11.9. The molecule has 3 rings (SSSR count). The molecule has 0 saturated carbocycles. The van der Waals surface area contributed by atoms with Gasteiger partial charge in [0.2, 0.25) is 0 Å². The zero-order valence-corrected chi connectivity index (χ0v) is 13.5. The van der Waals surface area contributed by atoms with E-state index < -0.39 is 9.84 Å². The van der Waals surface area contributed by atoms with Crippen molar-refractivity contribution in [2.24, 2.45) is 0 Å². The third-order valence-corrected chi connectivity index (χ3v) is 5.49. The summed E-state index contributed by atoms with van der Waals surface area (Å²) in [5, 5.41) is 1.95. The minimum Gasteiger partial charge on any atom is -0.462 e.